The maximum Gasteiger partial charge on any atom is 0.419 e. The van der Waals surface area contributed by atoms with Gasteiger partial charge in [-0.1, -0.05) is 6.07 Å². The van der Waals surface area contributed by atoms with Crippen LogP contribution in [0.25, 0.3) is 11.1 Å². The number of aryl methyl sites for hydroxylation is 1. The molecule has 28 heavy (non-hydrogen) atoms. The Hall–Kier alpha value is -3.95. The van der Waals surface area contributed by atoms with E-state index >= 15 is 0 Å². The number of hydrogen-bond acceptors (Lipinski definition) is 6. The van der Waals surface area contributed by atoms with Crippen molar-refractivity contribution < 1.29 is 18.9 Å². The number of benzene rings is 2. The molecular weight excluding hydrogens is 368 g/mol. The number of carbonyl (C=O) groups is 2. The molecule has 10 nitrogen and oxygen atoms in total. The average molecular weight is 384 g/mol. The molecule has 1 heterocycles. The van der Waals surface area contributed by atoms with E-state index in [1.165, 1.54) is 28.8 Å². The van der Waals surface area contributed by atoms with E-state index in [0.29, 0.717) is 17.6 Å². The van der Waals surface area contributed by atoms with Gasteiger partial charge in [-0.3, -0.25) is 24.3 Å². The number of hydrogen-bond donors (Lipinski definition) is 2. The summed E-state index contributed by atoms with van der Waals surface area (Å²) in [7, 11) is 0. The monoisotopic (exact) mass is 384 g/mol. The number of nitrogens with zero attached hydrogens (tertiary/aromatic N) is 2. The number of aromatic nitrogens is 1. The van der Waals surface area contributed by atoms with Gasteiger partial charge in [0.25, 0.3) is 5.69 Å². The van der Waals surface area contributed by atoms with Gasteiger partial charge in [0, 0.05) is 30.3 Å². The predicted molar refractivity (Wildman–Crippen MR) is 100.0 cm³/mol. The fraction of sp³-hybridized carbons (Fsp3) is 0.167. The van der Waals surface area contributed by atoms with Gasteiger partial charge in [0.05, 0.1) is 16.5 Å². The smallest absolute Gasteiger partial charge is 0.407 e. The van der Waals surface area contributed by atoms with Gasteiger partial charge >= 0.3 is 5.76 Å². The molecule has 144 valence electrons. The summed E-state index contributed by atoms with van der Waals surface area (Å²) in [5, 5.41) is 13.5. The van der Waals surface area contributed by atoms with Crippen LogP contribution in [0.4, 0.5) is 11.4 Å². The van der Waals surface area contributed by atoms with E-state index in [4.69, 9.17) is 10.2 Å². The lowest BCUT2D eigenvalue weighted by molar-refractivity contribution is -0.384. The number of nitrogens with one attached hydrogen (secondary N) is 1. The van der Waals surface area contributed by atoms with Crippen molar-refractivity contribution in [3.05, 3.63) is 68.7 Å². The highest BCUT2D eigenvalue weighted by molar-refractivity contribution is 5.96. The molecule has 2 aromatic carbocycles. The molecular formula is C18H16N4O6. The topological polar surface area (TPSA) is 150 Å². The van der Waals surface area contributed by atoms with Gasteiger partial charge in [-0.2, -0.15) is 0 Å². The zero-order chi connectivity index (χ0) is 20.3. The van der Waals surface area contributed by atoms with Gasteiger partial charge in [-0.15, -0.1) is 0 Å². The molecule has 0 saturated carbocycles. The van der Waals surface area contributed by atoms with Crippen molar-refractivity contribution >= 4 is 34.3 Å². The van der Waals surface area contributed by atoms with Crippen molar-refractivity contribution in [2.45, 2.75) is 19.4 Å². The highest BCUT2D eigenvalue weighted by Gasteiger charge is 2.14. The van der Waals surface area contributed by atoms with Crippen molar-refractivity contribution in [2.24, 2.45) is 5.73 Å². The lowest BCUT2D eigenvalue weighted by Crippen LogP contribution is -2.17. The molecule has 0 atom stereocenters. The third-order valence-corrected chi connectivity index (χ3v) is 4.08. The van der Waals surface area contributed by atoms with Crippen molar-refractivity contribution in [1.82, 2.24) is 4.57 Å². The molecule has 3 rings (SSSR count). The average Bonchev–Trinajstić information content (AvgIpc) is 2.96. The summed E-state index contributed by atoms with van der Waals surface area (Å²) in [4.78, 5) is 45.4. The molecule has 0 unspecified atom stereocenters. The van der Waals surface area contributed by atoms with Gasteiger partial charge in [0.1, 0.15) is 0 Å². The van der Waals surface area contributed by atoms with E-state index in [2.05, 4.69) is 5.32 Å². The van der Waals surface area contributed by atoms with E-state index < -0.39 is 16.6 Å². The van der Waals surface area contributed by atoms with Gasteiger partial charge in [0.2, 0.25) is 11.8 Å². The lowest BCUT2D eigenvalue weighted by Gasteiger charge is -2.06. The summed E-state index contributed by atoms with van der Waals surface area (Å²) in [6.07, 6.45) is 0.458. The van der Waals surface area contributed by atoms with E-state index in [-0.39, 0.29) is 35.7 Å². The molecule has 0 aliphatic carbocycles. The van der Waals surface area contributed by atoms with Gasteiger partial charge in [0.15, 0.2) is 5.58 Å². The molecule has 0 aliphatic heterocycles. The highest BCUT2D eigenvalue weighted by atomic mass is 16.6. The van der Waals surface area contributed by atoms with E-state index in [1.54, 1.807) is 18.2 Å². The van der Waals surface area contributed by atoms with Crippen LogP contribution >= 0.6 is 0 Å². The van der Waals surface area contributed by atoms with Gasteiger partial charge in [-0.25, -0.2) is 4.79 Å². The van der Waals surface area contributed by atoms with E-state index in [9.17, 15) is 24.5 Å². The second kappa shape index (κ2) is 7.74. The van der Waals surface area contributed by atoms with E-state index in [1.807, 2.05) is 0 Å². The minimum absolute atomic E-state index is 0.118. The first-order valence-corrected chi connectivity index (χ1v) is 8.32. The number of primary amides is 1. The Morgan fingerprint density at radius 2 is 2.00 bits per heavy atom. The number of anilines is 1. The van der Waals surface area contributed by atoms with Crippen LogP contribution in [0.15, 0.2) is 51.7 Å². The number of nitrogens with two attached hydrogens (primary N) is 1. The maximum absolute atomic E-state index is 12.1. The zero-order valence-electron chi connectivity index (χ0n) is 14.6. The molecule has 1 aromatic heterocycles. The number of non-ortho nitro benzene ring substituents is 1. The molecule has 2 amide bonds. The number of nitro benzene ring substituents is 1. The Kier molecular flexibility index (Phi) is 5.21. The van der Waals surface area contributed by atoms with Crippen LogP contribution < -0.4 is 16.8 Å². The fourth-order valence-corrected chi connectivity index (χ4v) is 2.75. The SMILES string of the molecule is NC(=O)c1cccc(NC(=O)CCCn2c(=O)oc3cc([N+](=O)[O-])ccc32)c1. The summed E-state index contributed by atoms with van der Waals surface area (Å²) in [6, 6.07) is 10.2. The van der Waals surface area contributed by atoms with Crippen molar-refractivity contribution in [3.63, 3.8) is 0 Å². The first kappa shape index (κ1) is 18.8. The molecule has 0 spiro atoms. The van der Waals surface area contributed by atoms with Crippen LogP contribution in [-0.2, 0) is 11.3 Å². The molecule has 0 radical (unpaired) electrons. The number of carbonyl (C=O) groups excluding carboxylic acids is 2. The van der Waals surface area contributed by atoms with Crippen LogP contribution in [-0.4, -0.2) is 21.3 Å². The largest absolute Gasteiger partial charge is 0.419 e. The number of amides is 2. The van der Waals surface area contributed by atoms with Gasteiger partial charge < -0.3 is 15.5 Å². The summed E-state index contributed by atoms with van der Waals surface area (Å²) in [5.41, 5.74) is 6.29. The molecule has 0 bridgehead atoms. The minimum atomic E-state index is -0.648. The summed E-state index contributed by atoms with van der Waals surface area (Å²) >= 11 is 0. The van der Waals surface area contributed by atoms with Crippen LogP contribution in [0.5, 0.6) is 0 Å². The highest BCUT2D eigenvalue weighted by Crippen LogP contribution is 2.20. The zero-order valence-corrected chi connectivity index (χ0v) is 14.6. The van der Waals surface area contributed by atoms with Crippen LogP contribution in [0.3, 0.4) is 0 Å². The van der Waals surface area contributed by atoms with E-state index in [0.717, 1.165) is 0 Å². The quantitative estimate of drug-likeness (QED) is 0.470. The molecule has 10 heteroatoms. The molecule has 3 aromatic rings. The Labute approximate surface area is 157 Å². The third-order valence-electron chi connectivity index (χ3n) is 4.08. The standard InChI is InChI=1S/C18H16N4O6/c19-17(24)11-3-1-4-12(9-11)20-16(23)5-2-8-21-14-7-6-13(22(26)27)10-15(14)28-18(21)25/h1,3-4,6-7,9-10H,2,5,8H2,(H2,19,24)(H,20,23). The molecule has 0 aliphatic rings. The fourth-order valence-electron chi connectivity index (χ4n) is 2.75. The van der Waals surface area contributed by atoms with Crippen LogP contribution in [0, 0.1) is 10.1 Å². The normalized spacial score (nSPS) is 10.7. The maximum atomic E-state index is 12.1. The summed E-state index contributed by atoms with van der Waals surface area (Å²) in [5.74, 6) is -1.54. The second-order valence-corrected chi connectivity index (χ2v) is 6.03. The summed E-state index contributed by atoms with van der Waals surface area (Å²) < 4.78 is 6.36. The lowest BCUT2D eigenvalue weighted by atomic mass is 10.2. The Morgan fingerprint density at radius 1 is 1.21 bits per heavy atom. The molecule has 0 fully saturated rings. The van der Waals surface area contributed by atoms with Crippen molar-refractivity contribution in [2.75, 3.05) is 5.32 Å². The van der Waals surface area contributed by atoms with Crippen molar-refractivity contribution in [3.8, 4) is 0 Å². The predicted octanol–water partition coefficient (Wildman–Crippen LogP) is 2.02. The second-order valence-electron chi connectivity index (χ2n) is 6.03. The Bertz CT molecular complexity index is 1130. The molecule has 3 N–H and O–H groups in total. The third kappa shape index (κ3) is 4.06. The number of oxazole rings is 1. The Balaban J connectivity index is 1.63. The first-order chi connectivity index (χ1) is 13.3. The number of rotatable bonds is 7. The first-order valence-electron chi connectivity index (χ1n) is 8.32. The van der Waals surface area contributed by atoms with Gasteiger partial charge in [-0.05, 0) is 30.7 Å². The summed E-state index contributed by atoms with van der Waals surface area (Å²) in [6.45, 7) is 0.207. The Morgan fingerprint density at radius 3 is 2.71 bits per heavy atom. The molecule has 0 saturated heterocycles. The van der Waals surface area contributed by atoms with Crippen LogP contribution in [0.2, 0.25) is 0 Å². The van der Waals surface area contributed by atoms with Crippen molar-refractivity contribution in [1.29, 1.82) is 0 Å². The number of fused-ring (bicyclic) bond motifs is 1. The number of nitro groups is 1. The van der Waals surface area contributed by atoms with Crippen LogP contribution in [0.1, 0.15) is 23.2 Å². The minimum Gasteiger partial charge on any atom is -0.407 e.